The second-order valence-corrected chi connectivity index (χ2v) is 7.45. The van der Waals surface area contributed by atoms with E-state index in [4.69, 9.17) is 19.4 Å². The minimum Gasteiger partial charge on any atom is -0.383 e. The Morgan fingerprint density at radius 3 is 2.78 bits per heavy atom. The van der Waals surface area contributed by atoms with Crippen molar-refractivity contribution < 1.29 is 14.3 Å². The van der Waals surface area contributed by atoms with Gasteiger partial charge in [0.25, 0.3) is 5.91 Å². The monoisotopic (exact) mass is 375 g/mol. The van der Waals surface area contributed by atoms with Crippen LogP contribution in [0.1, 0.15) is 42.2 Å². The number of carbonyl (C=O) groups excluding carboxylic acids is 1. The maximum atomic E-state index is 12.9. The van der Waals surface area contributed by atoms with Crippen molar-refractivity contribution in [1.82, 2.24) is 14.9 Å². The maximum absolute atomic E-state index is 12.9. The number of ether oxygens (including phenoxy) is 2. The molecule has 1 unspecified atom stereocenters. The lowest BCUT2D eigenvalue weighted by Gasteiger charge is -2.30. The summed E-state index contributed by atoms with van der Waals surface area (Å²) < 4.78 is 10.9. The highest BCUT2D eigenvalue weighted by Crippen LogP contribution is 2.35. The predicted molar refractivity (Wildman–Crippen MR) is 102 cm³/mol. The first-order valence-electron chi connectivity index (χ1n) is 10.0. The molecule has 8 nitrogen and oxygen atoms in total. The second-order valence-electron chi connectivity index (χ2n) is 7.45. The fourth-order valence-electron chi connectivity index (χ4n) is 4.27. The third kappa shape index (κ3) is 3.48. The molecule has 2 saturated heterocycles. The van der Waals surface area contributed by atoms with Crippen molar-refractivity contribution in [2.45, 2.75) is 38.8 Å². The number of morpholine rings is 1. The van der Waals surface area contributed by atoms with Crippen molar-refractivity contribution >= 4 is 17.7 Å². The molecule has 1 atom stereocenters. The van der Waals surface area contributed by atoms with Gasteiger partial charge in [-0.05, 0) is 19.3 Å². The number of hydrogen-bond acceptors (Lipinski definition) is 7. The summed E-state index contributed by atoms with van der Waals surface area (Å²) >= 11 is 0. The summed E-state index contributed by atoms with van der Waals surface area (Å²) in [6.45, 7) is 7.93. The molecular formula is C19H29N5O3. The largest absolute Gasteiger partial charge is 0.383 e. The zero-order valence-electron chi connectivity index (χ0n) is 16.3. The van der Waals surface area contributed by atoms with Crippen molar-refractivity contribution in [2.75, 3.05) is 62.9 Å². The quantitative estimate of drug-likeness (QED) is 0.742. The Hall–Kier alpha value is -1.93. The molecule has 1 amide bonds. The van der Waals surface area contributed by atoms with Gasteiger partial charge in [0.15, 0.2) is 0 Å². The van der Waals surface area contributed by atoms with Crippen molar-refractivity contribution in [3.05, 3.63) is 11.3 Å². The summed E-state index contributed by atoms with van der Waals surface area (Å²) in [5.41, 5.74) is 1.56. The van der Waals surface area contributed by atoms with Gasteiger partial charge in [-0.2, -0.15) is 4.98 Å². The third-order valence-corrected chi connectivity index (χ3v) is 5.61. The number of methoxy groups -OCH3 is 1. The number of anilines is 2. The normalized spacial score (nSPS) is 22.7. The summed E-state index contributed by atoms with van der Waals surface area (Å²) in [5.74, 6) is 1.61. The van der Waals surface area contributed by atoms with Crippen LogP contribution in [0.15, 0.2) is 0 Å². The maximum Gasteiger partial charge on any atom is 0.273 e. The highest BCUT2D eigenvalue weighted by Gasteiger charge is 2.37. The molecule has 0 aromatic carbocycles. The molecule has 2 fully saturated rings. The van der Waals surface area contributed by atoms with E-state index in [-0.39, 0.29) is 5.91 Å². The fourth-order valence-corrected chi connectivity index (χ4v) is 4.27. The Balaban J connectivity index is 1.73. The lowest BCUT2D eigenvalue weighted by molar-refractivity contribution is 0.0774. The Morgan fingerprint density at radius 2 is 2.04 bits per heavy atom. The average Bonchev–Trinajstić information content (AvgIpc) is 3.28. The molecule has 0 saturated carbocycles. The molecule has 0 spiro atoms. The number of fused-ring (bicyclic) bond motifs is 1. The standard InChI is InChI=1S/C19H29N5O3/c1-3-6-23-12-15-16(18(23)25)20-19(22-8-10-27-11-9-22)21-17(15)24-7-4-5-14(24)13-26-2/h14H,3-13H2,1-2H3. The van der Waals surface area contributed by atoms with Gasteiger partial charge < -0.3 is 24.2 Å². The number of aromatic nitrogens is 2. The molecule has 0 bridgehead atoms. The molecule has 4 heterocycles. The van der Waals surface area contributed by atoms with Gasteiger partial charge in [-0.15, -0.1) is 0 Å². The van der Waals surface area contributed by atoms with Crippen LogP contribution in [0.25, 0.3) is 0 Å². The van der Waals surface area contributed by atoms with E-state index < -0.39 is 0 Å². The minimum absolute atomic E-state index is 0.0347. The van der Waals surface area contributed by atoms with E-state index in [2.05, 4.69) is 16.7 Å². The molecule has 148 valence electrons. The predicted octanol–water partition coefficient (Wildman–Crippen LogP) is 1.29. The van der Waals surface area contributed by atoms with Crippen molar-refractivity contribution in [3.8, 4) is 0 Å². The highest BCUT2D eigenvalue weighted by molar-refractivity contribution is 5.98. The summed E-state index contributed by atoms with van der Waals surface area (Å²) in [4.78, 5) is 29.0. The van der Waals surface area contributed by atoms with Crippen molar-refractivity contribution in [3.63, 3.8) is 0 Å². The van der Waals surface area contributed by atoms with Gasteiger partial charge >= 0.3 is 0 Å². The summed E-state index contributed by atoms with van der Waals surface area (Å²) in [6, 6.07) is 0.307. The molecule has 27 heavy (non-hydrogen) atoms. The highest BCUT2D eigenvalue weighted by atomic mass is 16.5. The summed E-state index contributed by atoms with van der Waals surface area (Å²) in [6.07, 6.45) is 3.15. The molecule has 8 heteroatoms. The molecule has 0 N–H and O–H groups in total. The molecule has 3 aliphatic heterocycles. The van der Waals surface area contributed by atoms with Crippen LogP contribution >= 0.6 is 0 Å². The SMILES string of the molecule is CCCN1Cc2c(nc(N3CCOCC3)nc2N2CCCC2COC)C1=O. The second kappa shape index (κ2) is 7.98. The van der Waals surface area contributed by atoms with E-state index in [1.165, 1.54) is 0 Å². The first-order chi connectivity index (χ1) is 13.2. The van der Waals surface area contributed by atoms with Gasteiger partial charge in [-0.3, -0.25) is 4.79 Å². The Kier molecular flexibility index (Phi) is 5.45. The molecule has 0 aliphatic carbocycles. The molecule has 4 rings (SSSR count). The number of amides is 1. The van der Waals surface area contributed by atoms with E-state index in [9.17, 15) is 4.79 Å². The average molecular weight is 375 g/mol. The molecule has 0 radical (unpaired) electrons. The number of carbonyl (C=O) groups is 1. The smallest absolute Gasteiger partial charge is 0.273 e. The van der Waals surface area contributed by atoms with Crippen LogP contribution in [0.2, 0.25) is 0 Å². The van der Waals surface area contributed by atoms with Gasteiger partial charge in [0.05, 0.1) is 32.4 Å². The van der Waals surface area contributed by atoms with Gasteiger partial charge in [-0.25, -0.2) is 4.98 Å². The van der Waals surface area contributed by atoms with Crippen LogP contribution in [-0.2, 0) is 16.0 Å². The number of rotatable bonds is 6. The minimum atomic E-state index is 0.0347. The zero-order chi connectivity index (χ0) is 18.8. The molecule has 1 aromatic heterocycles. The third-order valence-electron chi connectivity index (χ3n) is 5.61. The Morgan fingerprint density at radius 1 is 1.22 bits per heavy atom. The lowest BCUT2D eigenvalue weighted by Crippen LogP contribution is -2.39. The van der Waals surface area contributed by atoms with Crippen LogP contribution in [0.3, 0.4) is 0 Å². The number of nitrogens with zero attached hydrogens (tertiary/aromatic N) is 5. The summed E-state index contributed by atoms with van der Waals surface area (Å²) in [7, 11) is 1.74. The van der Waals surface area contributed by atoms with Crippen LogP contribution in [0.4, 0.5) is 11.8 Å². The lowest BCUT2D eigenvalue weighted by atomic mass is 10.2. The van der Waals surface area contributed by atoms with Gasteiger partial charge in [-0.1, -0.05) is 6.92 Å². The molecule has 1 aromatic rings. The molecule has 3 aliphatic rings. The number of hydrogen-bond donors (Lipinski definition) is 0. The van der Waals surface area contributed by atoms with Crippen molar-refractivity contribution in [1.29, 1.82) is 0 Å². The Bertz CT molecular complexity index is 692. The van der Waals surface area contributed by atoms with Crippen LogP contribution in [0, 0.1) is 0 Å². The van der Waals surface area contributed by atoms with Crippen LogP contribution in [0.5, 0.6) is 0 Å². The first kappa shape index (κ1) is 18.4. The van der Waals surface area contributed by atoms with Gasteiger partial charge in [0.1, 0.15) is 11.5 Å². The molecular weight excluding hydrogens is 346 g/mol. The van der Waals surface area contributed by atoms with E-state index in [0.29, 0.717) is 44.0 Å². The van der Waals surface area contributed by atoms with Crippen LogP contribution in [-0.4, -0.2) is 79.9 Å². The van der Waals surface area contributed by atoms with E-state index >= 15 is 0 Å². The van der Waals surface area contributed by atoms with E-state index in [1.54, 1.807) is 7.11 Å². The Labute approximate surface area is 160 Å². The topological polar surface area (TPSA) is 71.0 Å². The fraction of sp³-hybridized carbons (Fsp3) is 0.737. The summed E-state index contributed by atoms with van der Waals surface area (Å²) in [5, 5.41) is 0. The zero-order valence-corrected chi connectivity index (χ0v) is 16.3. The van der Waals surface area contributed by atoms with E-state index in [1.807, 2.05) is 4.90 Å². The van der Waals surface area contributed by atoms with Gasteiger partial charge in [0.2, 0.25) is 5.95 Å². The van der Waals surface area contributed by atoms with Crippen LogP contribution < -0.4 is 9.80 Å². The van der Waals surface area contributed by atoms with Gasteiger partial charge in [0, 0.05) is 38.9 Å². The first-order valence-corrected chi connectivity index (χ1v) is 10.0. The van der Waals surface area contributed by atoms with Crippen molar-refractivity contribution in [2.24, 2.45) is 0 Å². The van der Waals surface area contributed by atoms with E-state index in [0.717, 1.165) is 56.8 Å².